The first-order valence-electron chi connectivity index (χ1n) is 8.82. The second-order valence-electron chi connectivity index (χ2n) is 6.56. The van der Waals surface area contributed by atoms with Gasteiger partial charge in [0.15, 0.2) is 5.13 Å². The molecule has 0 spiro atoms. The fourth-order valence-corrected chi connectivity index (χ4v) is 4.97. The molecule has 0 atom stereocenters. The summed E-state index contributed by atoms with van der Waals surface area (Å²) < 4.78 is 36.6. The van der Waals surface area contributed by atoms with Gasteiger partial charge in [0.25, 0.3) is 0 Å². The van der Waals surface area contributed by atoms with Crippen LogP contribution >= 0.6 is 34.5 Å². The third-order valence-electron chi connectivity index (χ3n) is 4.30. The summed E-state index contributed by atoms with van der Waals surface area (Å²) in [5, 5.41) is 9.88. The third-order valence-corrected chi connectivity index (χ3v) is 6.69. The molecule has 4 aromatic rings. The van der Waals surface area contributed by atoms with Crippen LogP contribution in [0, 0.1) is 5.82 Å². The minimum absolute atomic E-state index is 0.0102. The summed E-state index contributed by atoms with van der Waals surface area (Å²) in [4.78, 5) is 5.45. The van der Waals surface area contributed by atoms with Crippen molar-refractivity contribution in [1.29, 1.82) is 0 Å². The normalized spacial score (nSPS) is 11.5. The zero-order valence-electron chi connectivity index (χ0n) is 15.6. The molecule has 10 heteroatoms. The van der Waals surface area contributed by atoms with Crippen LogP contribution in [0.15, 0.2) is 71.6 Å². The Bertz CT molecular complexity index is 1340. The molecular weight excluding hydrogens is 480 g/mol. The number of nitrogens with two attached hydrogens (primary N) is 1. The molecule has 0 saturated carbocycles. The molecule has 5 nitrogen and oxygen atoms in total. The van der Waals surface area contributed by atoms with Crippen LogP contribution in [0.25, 0.3) is 21.7 Å². The SMILES string of the molecule is NS(=O)(=O)c1ccc(-c2sc(Nc3cc(Cl)cc(Cl)c3)nc2-c2ccc(F)cc2)cc1. The number of hydrogen-bond acceptors (Lipinski definition) is 5. The van der Waals surface area contributed by atoms with Crippen molar-refractivity contribution >= 4 is 55.4 Å². The molecule has 0 unspecified atom stereocenters. The van der Waals surface area contributed by atoms with Gasteiger partial charge < -0.3 is 5.32 Å². The largest absolute Gasteiger partial charge is 0.331 e. The van der Waals surface area contributed by atoms with E-state index in [0.717, 1.165) is 10.4 Å². The van der Waals surface area contributed by atoms with Gasteiger partial charge in [0.1, 0.15) is 5.82 Å². The van der Waals surface area contributed by atoms with Crippen LogP contribution in [-0.2, 0) is 10.0 Å². The number of anilines is 2. The van der Waals surface area contributed by atoms with Gasteiger partial charge in [0, 0.05) is 21.3 Å². The lowest BCUT2D eigenvalue weighted by Gasteiger charge is -2.04. The molecule has 1 aromatic heterocycles. The zero-order valence-corrected chi connectivity index (χ0v) is 18.8. The van der Waals surface area contributed by atoms with Gasteiger partial charge in [-0.15, -0.1) is 0 Å². The molecule has 0 aliphatic carbocycles. The second kappa shape index (κ2) is 8.57. The van der Waals surface area contributed by atoms with Gasteiger partial charge in [-0.25, -0.2) is 22.9 Å². The van der Waals surface area contributed by atoms with E-state index in [9.17, 15) is 12.8 Å². The van der Waals surface area contributed by atoms with E-state index >= 15 is 0 Å². The Kier molecular flexibility index (Phi) is 6.00. The minimum Gasteiger partial charge on any atom is -0.331 e. The Balaban J connectivity index is 1.79. The highest BCUT2D eigenvalue weighted by molar-refractivity contribution is 7.89. The lowest BCUT2D eigenvalue weighted by molar-refractivity contribution is 0.598. The van der Waals surface area contributed by atoms with E-state index in [1.54, 1.807) is 42.5 Å². The maximum atomic E-state index is 13.4. The molecule has 0 aliphatic rings. The van der Waals surface area contributed by atoms with Gasteiger partial charge in [0.2, 0.25) is 10.0 Å². The van der Waals surface area contributed by atoms with Gasteiger partial charge >= 0.3 is 0 Å². The molecule has 0 aliphatic heterocycles. The molecule has 0 fully saturated rings. The minimum atomic E-state index is -3.80. The number of halogens is 3. The van der Waals surface area contributed by atoms with Gasteiger partial charge in [-0.2, -0.15) is 0 Å². The maximum absolute atomic E-state index is 13.4. The molecule has 3 N–H and O–H groups in total. The number of hydrogen-bond donors (Lipinski definition) is 2. The quantitative estimate of drug-likeness (QED) is 0.340. The summed E-state index contributed by atoms with van der Waals surface area (Å²) in [7, 11) is -3.80. The number of nitrogens with one attached hydrogen (secondary N) is 1. The predicted octanol–water partition coefficient (Wildman–Crippen LogP) is 6.31. The van der Waals surface area contributed by atoms with Crippen LogP contribution in [0.3, 0.4) is 0 Å². The van der Waals surface area contributed by atoms with Gasteiger partial charge in [-0.3, -0.25) is 0 Å². The fraction of sp³-hybridized carbons (Fsp3) is 0. The van der Waals surface area contributed by atoms with Crippen LogP contribution in [0.1, 0.15) is 0 Å². The summed E-state index contributed by atoms with van der Waals surface area (Å²) in [6.45, 7) is 0. The van der Waals surface area contributed by atoms with Gasteiger partial charge in [-0.05, 0) is 60.2 Å². The summed E-state index contributed by atoms with van der Waals surface area (Å²) in [6, 6.07) is 17.2. The van der Waals surface area contributed by atoms with E-state index in [-0.39, 0.29) is 10.7 Å². The highest BCUT2D eigenvalue weighted by atomic mass is 35.5. The topological polar surface area (TPSA) is 85.1 Å². The molecule has 0 radical (unpaired) electrons. The molecule has 1 heterocycles. The number of sulfonamides is 1. The summed E-state index contributed by atoms with van der Waals surface area (Å²) in [5.74, 6) is -0.357. The Morgan fingerprint density at radius 3 is 2.06 bits per heavy atom. The van der Waals surface area contributed by atoms with Crippen molar-refractivity contribution in [2.24, 2.45) is 5.14 Å². The van der Waals surface area contributed by atoms with Crippen molar-refractivity contribution in [2.75, 3.05) is 5.32 Å². The van der Waals surface area contributed by atoms with Gasteiger partial charge in [0.05, 0.1) is 15.5 Å². The lowest BCUT2D eigenvalue weighted by Crippen LogP contribution is -2.11. The highest BCUT2D eigenvalue weighted by Crippen LogP contribution is 2.40. The number of nitrogens with zero attached hydrogens (tertiary/aromatic N) is 1. The van der Waals surface area contributed by atoms with Crippen LogP contribution in [-0.4, -0.2) is 13.4 Å². The lowest BCUT2D eigenvalue weighted by atomic mass is 10.1. The number of aromatic nitrogens is 1. The first-order valence-corrected chi connectivity index (χ1v) is 11.9. The fourth-order valence-electron chi connectivity index (χ4n) is 2.92. The van der Waals surface area contributed by atoms with Crippen molar-refractivity contribution in [2.45, 2.75) is 4.90 Å². The van der Waals surface area contributed by atoms with E-state index in [0.29, 0.717) is 32.1 Å². The van der Waals surface area contributed by atoms with Crippen molar-refractivity contribution in [3.63, 3.8) is 0 Å². The zero-order chi connectivity index (χ0) is 22.2. The van der Waals surface area contributed by atoms with Crippen molar-refractivity contribution in [3.8, 4) is 21.7 Å². The van der Waals surface area contributed by atoms with E-state index in [2.05, 4.69) is 10.3 Å². The Morgan fingerprint density at radius 1 is 0.903 bits per heavy atom. The van der Waals surface area contributed by atoms with E-state index in [1.165, 1.54) is 35.6 Å². The molecular formula is C21H14Cl2FN3O2S2. The number of thiazole rings is 1. The van der Waals surface area contributed by atoms with E-state index in [1.807, 2.05) is 0 Å². The monoisotopic (exact) mass is 493 g/mol. The summed E-state index contributed by atoms with van der Waals surface area (Å²) >= 11 is 13.5. The number of rotatable bonds is 5. The van der Waals surface area contributed by atoms with Crippen molar-refractivity contribution in [3.05, 3.63) is 82.6 Å². The molecule has 31 heavy (non-hydrogen) atoms. The van der Waals surface area contributed by atoms with Crippen LogP contribution in [0.5, 0.6) is 0 Å². The Morgan fingerprint density at radius 2 is 1.48 bits per heavy atom. The summed E-state index contributed by atoms with van der Waals surface area (Å²) in [6.07, 6.45) is 0. The third kappa shape index (κ3) is 5.06. The number of primary sulfonamides is 1. The first-order chi connectivity index (χ1) is 14.7. The second-order valence-corrected chi connectivity index (χ2v) is 9.99. The van der Waals surface area contributed by atoms with Crippen LogP contribution in [0.4, 0.5) is 15.2 Å². The predicted molar refractivity (Wildman–Crippen MR) is 124 cm³/mol. The Labute approximate surface area is 192 Å². The van der Waals surface area contributed by atoms with E-state index in [4.69, 9.17) is 28.3 Å². The standard InChI is InChI=1S/C21H14Cl2FN3O2S2/c22-14-9-15(23)11-17(10-14)26-21-27-19(12-1-5-16(24)6-2-12)20(30-21)13-3-7-18(8-4-13)31(25,28)29/h1-11H,(H,26,27)(H2,25,28,29). The highest BCUT2D eigenvalue weighted by Gasteiger charge is 2.17. The average Bonchev–Trinajstić information content (AvgIpc) is 3.11. The molecule has 0 saturated heterocycles. The van der Waals surface area contributed by atoms with Gasteiger partial charge in [-0.1, -0.05) is 46.7 Å². The molecule has 158 valence electrons. The molecule has 3 aromatic carbocycles. The van der Waals surface area contributed by atoms with Crippen LogP contribution < -0.4 is 10.5 Å². The Hall–Kier alpha value is -2.49. The molecule has 4 rings (SSSR count). The molecule has 0 amide bonds. The average molecular weight is 494 g/mol. The van der Waals surface area contributed by atoms with Crippen LogP contribution in [0.2, 0.25) is 10.0 Å². The molecule has 0 bridgehead atoms. The van der Waals surface area contributed by atoms with Crippen molar-refractivity contribution in [1.82, 2.24) is 4.98 Å². The van der Waals surface area contributed by atoms with Crippen molar-refractivity contribution < 1.29 is 12.8 Å². The maximum Gasteiger partial charge on any atom is 0.238 e. The summed E-state index contributed by atoms with van der Waals surface area (Å²) in [5.41, 5.74) is 2.72. The van der Waals surface area contributed by atoms with E-state index < -0.39 is 10.0 Å². The smallest absolute Gasteiger partial charge is 0.238 e. The number of benzene rings is 3. The first kappa shape index (κ1) is 21.7.